The number of para-hydroxylation sites is 1. The van der Waals surface area contributed by atoms with Gasteiger partial charge >= 0.3 is 0 Å². The maximum absolute atomic E-state index is 13.3. The molecular formula is C28H24ClN3OS2. The summed E-state index contributed by atoms with van der Waals surface area (Å²) < 4.78 is 0. The minimum atomic E-state index is -0.472. The van der Waals surface area contributed by atoms with Crippen molar-refractivity contribution in [3.63, 3.8) is 0 Å². The number of halogens is 1. The minimum Gasteiger partial charge on any atom is -0.332 e. The van der Waals surface area contributed by atoms with E-state index in [1.165, 1.54) is 17.3 Å². The highest BCUT2D eigenvalue weighted by atomic mass is 35.5. The van der Waals surface area contributed by atoms with Gasteiger partial charge in [0, 0.05) is 16.3 Å². The highest BCUT2D eigenvalue weighted by molar-refractivity contribution is 8.00. The van der Waals surface area contributed by atoms with E-state index in [9.17, 15) is 4.79 Å². The molecule has 0 heterocycles. The van der Waals surface area contributed by atoms with Crippen LogP contribution in [0.15, 0.2) is 108 Å². The largest absolute Gasteiger partial charge is 0.332 e. The summed E-state index contributed by atoms with van der Waals surface area (Å²) >= 11 is 13.2. The molecule has 0 aliphatic carbocycles. The van der Waals surface area contributed by atoms with Gasteiger partial charge in [-0.1, -0.05) is 77.8 Å². The number of hydrogen-bond acceptors (Lipinski definition) is 3. The van der Waals surface area contributed by atoms with Crippen molar-refractivity contribution >= 4 is 63.7 Å². The van der Waals surface area contributed by atoms with E-state index < -0.39 is 5.25 Å². The highest BCUT2D eigenvalue weighted by Gasteiger charge is 2.23. The van der Waals surface area contributed by atoms with Crippen LogP contribution in [0.4, 0.5) is 17.1 Å². The molecule has 0 radical (unpaired) electrons. The monoisotopic (exact) mass is 517 g/mol. The minimum absolute atomic E-state index is 0.149. The van der Waals surface area contributed by atoms with Crippen LogP contribution in [0.1, 0.15) is 16.4 Å². The molecule has 0 aliphatic heterocycles. The van der Waals surface area contributed by atoms with Crippen LogP contribution >= 0.6 is 35.6 Å². The molecule has 4 aromatic carbocycles. The lowest BCUT2D eigenvalue weighted by atomic mass is 10.1. The van der Waals surface area contributed by atoms with Crippen LogP contribution in [0.25, 0.3) is 0 Å². The molecule has 1 amide bonds. The van der Waals surface area contributed by atoms with Gasteiger partial charge in [0.05, 0.1) is 10.7 Å². The molecule has 176 valence electrons. The average Bonchev–Trinajstić information content (AvgIpc) is 2.86. The van der Waals surface area contributed by atoms with Crippen molar-refractivity contribution in [2.45, 2.75) is 17.1 Å². The molecule has 0 saturated carbocycles. The first-order chi connectivity index (χ1) is 17.0. The normalized spacial score (nSPS) is 11.4. The molecule has 0 aliphatic rings. The Morgan fingerprint density at radius 1 is 0.800 bits per heavy atom. The van der Waals surface area contributed by atoms with E-state index in [0.29, 0.717) is 15.8 Å². The van der Waals surface area contributed by atoms with E-state index in [4.69, 9.17) is 23.8 Å². The average molecular weight is 518 g/mol. The van der Waals surface area contributed by atoms with E-state index in [0.717, 1.165) is 21.8 Å². The van der Waals surface area contributed by atoms with E-state index in [2.05, 4.69) is 16.0 Å². The summed E-state index contributed by atoms with van der Waals surface area (Å²) in [5.74, 6) is -0.149. The second kappa shape index (κ2) is 11.9. The summed E-state index contributed by atoms with van der Waals surface area (Å²) in [5.41, 5.74) is 4.42. The first-order valence-corrected chi connectivity index (χ1v) is 12.7. The van der Waals surface area contributed by atoms with E-state index in [-0.39, 0.29) is 5.91 Å². The third-order valence-corrected chi connectivity index (χ3v) is 6.91. The SMILES string of the molecule is Cc1ccc(NC(=S)Nc2cccc(SC(C(=O)Nc3ccccc3Cl)c3ccccc3)c2)cc1. The lowest BCUT2D eigenvalue weighted by Crippen LogP contribution is -2.19. The van der Waals surface area contributed by atoms with Gasteiger partial charge in [0.1, 0.15) is 5.25 Å². The van der Waals surface area contributed by atoms with Gasteiger partial charge in [0.15, 0.2) is 5.11 Å². The lowest BCUT2D eigenvalue weighted by Gasteiger charge is -2.18. The van der Waals surface area contributed by atoms with Crippen LogP contribution in [0.5, 0.6) is 0 Å². The number of benzene rings is 4. The van der Waals surface area contributed by atoms with Gasteiger partial charge in [0.2, 0.25) is 5.91 Å². The molecule has 35 heavy (non-hydrogen) atoms. The summed E-state index contributed by atoms with van der Waals surface area (Å²) in [5, 5.41) is 9.90. The molecule has 4 nitrogen and oxygen atoms in total. The Hall–Kier alpha value is -3.32. The molecule has 4 rings (SSSR count). The van der Waals surface area contributed by atoms with Crippen LogP contribution in [-0.4, -0.2) is 11.0 Å². The van der Waals surface area contributed by atoms with E-state index in [1.807, 2.05) is 97.9 Å². The van der Waals surface area contributed by atoms with Gasteiger partial charge in [-0.2, -0.15) is 0 Å². The number of thiocarbonyl (C=S) groups is 1. The van der Waals surface area contributed by atoms with Crippen molar-refractivity contribution in [1.29, 1.82) is 0 Å². The fourth-order valence-corrected chi connectivity index (χ4v) is 4.88. The van der Waals surface area contributed by atoms with Crippen LogP contribution in [0, 0.1) is 6.92 Å². The highest BCUT2D eigenvalue weighted by Crippen LogP contribution is 2.37. The maximum Gasteiger partial charge on any atom is 0.242 e. The predicted molar refractivity (Wildman–Crippen MR) is 153 cm³/mol. The second-order valence-corrected chi connectivity index (χ2v) is 9.84. The molecule has 0 aromatic heterocycles. The molecule has 1 atom stereocenters. The second-order valence-electron chi connectivity index (χ2n) is 7.85. The zero-order valence-electron chi connectivity index (χ0n) is 19.0. The van der Waals surface area contributed by atoms with Crippen LogP contribution in [0.2, 0.25) is 5.02 Å². The summed E-state index contributed by atoms with van der Waals surface area (Å²) in [7, 11) is 0. The van der Waals surface area contributed by atoms with E-state index >= 15 is 0 Å². The Balaban J connectivity index is 1.49. The number of anilines is 3. The standard InChI is InChI=1S/C28H24ClN3OS2/c1-19-14-16-21(17-15-19)30-28(34)31-22-10-7-11-23(18-22)35-26(20-8-3-2-4-9-20)27(33)32-25-13-6-5-12-24(25)29/h2-18,26H,1H3,(H,32,33)(H2,30,31,34). The Morgan fingerprint density at radius 3 is 2.23 bits per heavy atom. The third-order valence-electron chi connectivity index (χ3n) is 5.13. The number of amides is 1. The van der Waals surface area contributed by atoms with E-state index in [1.54, 1.807) is 12.1 Å². The number of aryl methyl sites for hydroxylation is 1. The molecule has 0 fully saturated rings. The summed E-state index contributed by atoms with van der Waals surface area (Å²) in [6, 6.07) is 32.8. The Morgan fingerprint density at radius 2 is 1.49 bits per heavy atom. The number of nitrogens with one attached hydrogen (secondary N) is 3. The quantitative estimate of drug-likeness (QED) is 0.172. The molecule has 4 aromatic rings. The molecular weight excluding hydrogens is 494 g/mol. The molecule has 0 spiro atoms. The first-order valence-electron chi connectivity index (χ1n) is 11.0. The lowest BCUT2D eigenvalue weighted by molar-refractivity contribution is -0.115. The smallest absolute Gasteiger partial charge is 0.242 e. The van der Waals surface area contributed by atoms with Gasteiger partial charge in [0.25, 0.3) is 0 Å². The summed E-state index contributed by atoms with van der Waals surface area (Å²) in [6.07, 6.45) is 0. The molecule has 7 heteroatoms. The van der Waals surface area contributed by atoms with Gasteiger partial charge in [-0.25, -0.2) is 0 Å². The predicted octanol–water partition coefficient (Wildman–Crippen LogP) is 7.93. The number of rotatable bonds is 7. The van der Waals surface area contributed by atoms with Crippen molar-refractivity contribution in [3.05, 3.63) is 119 Å². The number of carbonyl (C=O) groups excluding carboxylic acids is 1. The van der Waals surface area contributed by atoms with Crippen LogP contribution in [0.3, 0.4) is 0 Å². The number of thioether (sulfide) groups is 1. The van der Waals surface area contributed by atoms with Gasteiger partial charge in [-0.05, 0) is 67.2 Å². The summed E-state index contributed by atoms with van der Waals surface area (Å²) in [4.78, 5) is 14.2. The van der Waals surface area contributed by atoms with Gasteiger partial charge in [-0.15, -0.1) is 11.8 Å². The van der Waals surface area contributed by atoms with Crippen LogP contribution in [-0.2, 0) is 4.79 Å². The zero-order valence-corrected chi connectivity index (χ0v) is 21.4. The summed E-state index contributed by atoms with van der Waals surface area (Å²) in [6.45, 7) is 2.04. The van der Waals surface area contributed by atoms with Crippen molar-refractivity contribution < 1.29 is 4.79 Å². The number of carbonyl (C=O) groups is 1. The van der Waals surface area contributed by atoms with Crippen molar-refractivity contribution in [3.8, 4) is 0 Å². The first kappa shape index (κ1) is 24.8. The van der Waals surface area contributed by atoms with Gasteiger partial charge < -0.3 is 16.0 Å². The molecule has 0 saturated heterocycles. The Labute approximate surface area is 220 Å². The topological polar surface area (TPSA) is 53.2 Å². The fraction of sp³-hybridized carbons (Fsp3) is 0.0714. The molecule has 0 bridgehead atoms. The fourth-order valence-electron chi connectivity index (χ4n) is 3.38. The van der Waals surface area contributed by atoms with Crippen molar-refractivity contribution in [1.82, 2.24) is 0 Å². The van der Waals surface area contributed by atoms with Crippen LogP contribution < -0.4 is 16.0 Å². The maximum atomic E-state index is 13.3. The number of hydrogen-bond donors (Lipinski definition) is 3. The van der Waals surface area contributed by atoms with Gasteiger partial charge in [-0.3, -0.25) is 4.79 Å². The van der Waals surface area contributed by atoms with Crippen molar-refractivity contribution in [2.75, 3.05) is 16.0 Å². The Kier molecular flexibility index (Phi) is 8.42. The molecule has 1 unspecified atom stereocenters. The Bertz CT molecular complexity index is 1310. The molecule has 3 N–H and O–H groups in total. The zero-order chi connectivity index (χ0) is 24.6. The third kappa shape index (κ3) is 7.09. The van der Waals surface area contributed by atoms with Crippen molar-refractivity contribution in [2.24, 2.45) is 0 Å².